The average molecular weight is 484 g/mol. The van der Waals surface area contributed by atoms with Gasteiger partial charge in [0.1, 0.15) is 11.6 Å². The van der Waals surface area contributed by atoms with Crippen LogP contribution in [0.25, 0.3) is 0 Å². The molecule has 1 N–H and O–H groups in total. The Kier molecular flexibility index (Phi) is 7.53. The average Bonchev–Trinajstić information content (AvgIpc) is 2.62. The van der Waals surface area contributed by atoms with E-state index < -0.39 is 8.32 Å². The molecule has 0 aliphatic heterocycles. The maximum atomic E-state index is 13.8. The number of alkyl halides is 1. The quantitative estimate of drug-likeness (QED) is 0.406. The molecule has 158 valence electrons. The highest BCUT2D eigenvalue weighted by molar-refractivity contribution is 9.10. The Balaban J connectivity index is 2.14. The molecule has 0 saturated heterocycles. The smallest absolute Gasteiger partial charge is 0.239 e. The molecule has 29 heavy (non-hydrogen) atoms. The molecule has 0 bridgehead atoms. The van der Waals surface area contributed by atoms with Crippen LogP contribution >= 0.6 is 15.9 Å². The molecule has 0 unspecified atom stereocenters. The van der Waals surface area contributed by atoms with Crippen LogP contribution in [0.15, 0.2) is 30.6 Å². The minimum absolute atomic E-state index is 0.0414. The molecular weight excluding hydrogens is 457 g/mol. The molecule has 1 aromatic heterocycles. The molecule has 9 heteroatoms. The number of halogens is 2. The van der Waals surface area contributed by atoms with E-state index in [0.717, 1.165) is 0 Å². The first-order valence-electron chi connectivity index (χ1n) is 9.26. The number of nitrogens with zero attached hydrogens (tertiary/aromatic N) is 2. The molecular formula is C20H27BrFN3O3Si. The first-order valence-corrected chi connectivity index (χ1v) is 13.1. The van der Waals surface area contributed by atoms with Gasteiger partial charge in [-0.3, -0.25) is 4.79 Å². The van der Waals surface area contributed by atoms with Crippen molar-refractivity contribution in [2.75, 3.05) is 5.32 Å². The van der Waals surface area contributed by atoms with Crippen LogP contribution in [0.1, 0.15) is 33.3 Å². The molecule has 0 spiro atoms. The van der Waals surface area contributed by atoms with Gasteiger partial charge in [-0.05, 0) is 43.3 Å². The zero-order valence-electron chi connectivity index (χ0n) is 17.5. The highest BCUT2D eigenvalue weighted by Gasteiger charge is 2.37. The highest BCUT2D eigenvalue weighted by Crippen LogP contribution is 2.38. The van der Waals surface area contributed by atoms with Gasteiger partial charge in [0, 0.05) is 5.56 Å². The molecule has 6 nitrogen and oxygen atoms in total. The summed E-state index contributed by atoms with van der Waals surface area (Å²) in [5.74, 6) is 0.408. The van der Waals surface area contributed by atoms with Crippen molar-refractivity contribution >= 4 is 36.0 Å². The molecule has 1 amide bonds. The van der Waals surface area contributed by atoms with E-state index in [1.165, 1.54) is 24.5 Å². The van der Waals surface area contributed by atoms with Gasteiger partial charge in [-0.1, -0.05) is 36.7 Å². The van der Waals surface area contributed by atoms with E-state index in [1.54, 1.807) is 13.0 Å². The summed E-state index contributed by atoms with van der Waals surface area (Å²) in [5, 5.41) is 2.66. The van der Waals surface area contributed by atoms with E-state index in [2.05, 4.69) is 65.1 Å². The van der Waals surface area contributed by atoms with E-state index in [4.69, 9.17) is 9.16 Å². The van der Waals surface area contributed by atoms with Gasteiger partial charge in [0.05, 0.1) is 23.8 Å². The van der Waals surface area contributed by atoms with E-state index in [9.17, 15) is 9.18 Å². The van der Waals surface area contributed by atoms with Gasteiger partial charge >= 0.3 is 0 Å². The Bertz CT molecular complexity index is 855. The Morgan fingerprint density at radius 1 is 1.28 bits per heavy atom. The van der Waals surface area contributed by atoms with Gasteiger partial charge in [0.25, 0.3) is 0 Å². The van der Waals surface area contributed by atoms with Crippen LogP contribution < -0.4 is 10.1 Å². The van der Waals surface area contributed by atoms with Crippen LogP contribution in [0.4, 0.5) is 10.2 Å². The Hall–Kier alpha value is -1.84. The van der Waals surface area contributed by atoms with Crippen LogP contribution in [0, 0.1) is 5.82 Å². The number of benzene rings is 1. The fourth-order valence-corrected chi connectivity index (χ4v) is 3.07. The van der Waals surface area contributed by atoms with Crippen molar-refractivity contribution in [1.29, 1.82) is 0 Å². The first kappa shape index (κ1) is 23.4. The van der Waals surface area contributed by atoms with Crippen molar-refractivity contribution in [2.24, 2.45) is 0 Å². The molecule has 2 rings (SSSR count). The van der Waals surface area contributed by atoms with E-state index >= 15 is 0 Å². The van der Waals surface area contributed by atoms with Crippen molar-refractivity contribution in [2.45, 2.75) is 57.3 Å². The lowest BCUT2D eigenvalue weighted by Crippen LogP contribution is -2.40. The summed E-state index contributed by atoms with van der Waals surface area (Å²) in [6.45, 7) is 12.7. The van der Waals surface area contributed by atoms with Gasteiger partial charge in [-0.25, -0.2) is 14.4 Å². The molecule has 2 aromatic rings. The lowest BCUT2D eigenvalue weighted by atomic mass is 10.2. The Morgan fingerprint density at radius 2 is 1.97 bits per heavy atom. The first-order chi connectivity index (χ1) is 13.4. The molecule has 0 aliphatic carbocycles. The Labute approximate surface area is 180 Å². The predicted molar refractivity (Wildman–Crippen MR) is 118 cm³/mol. The fraction of sp³-hybridized carbons (Fsp3) is 0.450. The number of hydrogen-bond acceptors (Lipinski definition) is 5. The number of hydrogen-bond donors (Lipinski definition) is 1. The summed E-state index contributed by atoms with van der Waals surface area (Å²) in [5.41, 5.74) is 0.599. The van der Waals surface area contributed by atoms with Crippen LogP contribution in [0.3, 0.4) is 0 Å². The number of carbonyl (C=O) groups is 1. The summed E-state index contributed by atoms with van der Waals surface area (Å²) >= 11 is 3.19. The second kappa shape index (κ2) is 9.31. The van der Waals surface area contributed by atoms with Crippen LogP contribution in [-0.4, -0.2) is 29.0 Å². The van der Waals surface area contributed by atoms with Crippen molar-refractivity contribution in [3.8, 4) is 11.6 Å². The lowest BCUT2D eigenvalue weighted by molar-refractivity contribution is -0.115. The second-order valence-electron chi connectivity index (χ2n) is 8.25. The normalized spacial score (nSPS) is 13.1. The monoisotopic (exact) mass is 483 g/mol. The SMILES string of the molecule is C[C@@H](Br)C(=O)Nc1cnc(Oc2ccc(F)cc2CO[Si](C)(C)C(C)(C)C)cn1. The second-order valence-corrected chi connectivity index (χ2v) is 14.4. The number of nitrogens with one attached hydrogen (secondary N) is 1. The highest BCUT2D eigenvalue weighted by atomic mass is 79.9. The van der Waals surface area contributed by atoms with Crippen LogP contribution in [-0.2, 0) is 15.8 Å². The third-order valence-corrected chi connectivity index (χ3v) is 9.77. The maximum Gasteiger partial charge on any atom is 0.239 e. The van der Waals surface area contributed by atoms with Crippen LogP contribution in [0.2, 0.25) is 18.1 Å². The summed E-state index contributed by atoms with van der Waals surface area (Å²) in [6.07, 6.45) is 2.80. The standard InChI is InChI=1S/C20H27BrFN3O3Si/c1-13(21)19(26)25-17-10-24-18(11-23-17)28-16-8-7-15(22)9-14(16)12-27-29(5,6)20(2,3)4/h7-11,13H,12H2,1-6H3,(H,23,25,26)/t13-/m1/s1. The summed E-state index contributed by atoms with van der Waals surface area (Å²) in [6, 6.07) is 4.27. The van der Waals surface area contributed by atoms with E-state index in [-0.39, 0.29) is 34.1 Å². The van der Waals surface area contributed by atoms with Crippen molar-refractivity contribution in [1.82, 2.24) is 9.97 Å². The number of rotatable bonds is 7. The van der Waals surface area contributed by atoms with E-state index in [0.29, 0.717) is 17.1 Å². The number of carbonyl (C=O) groups excluding carboxylic acids is 1. The van der Waals surface area contributed by atoms with Gasteiger partial charge < -0.3 is 14.5 Å². The van der Waals surface area contributed by atoms with Gasteiger partial charge in [0.15, 0.2) is 14.1 Å². The largest absolute Gasteiger partial charge is 0.437 e. The van der Waals surface area contributed by atoms with Gasteiger partial charge in [-0.2, -0.15) is 0 Å². The Morgan fingerprint density at radius 3 is 2.52 bits per heavy atom. The van der Waals surface area contributed by atoms with Crippen molar-refractivity contribution in [3.63, 3.8) is 0 Å². The zero-order valence-corrected chi connectivity index (χ0v) is 20.1. The minimum Gasteiger partial charge on any atom is -0.437 e. The number of anilines is 1. The lowest BCUT2D eigenvalue weighted by Gasteiger charge is -2.36. The number of amides is 1. The summed E-state index contributed by atoms with van der Waals surface area (Å²) < 4.78 is 25.8. The maximum absolute atomic E-state index is 13.8. The zero-order chi connectivity index (χ0) is 21.8. The molecule has 1 atom stereocenters. The van der Waals surface area contributed by atoms with E-state index in [1.807, 2.05) is 0 Å². The third-order valence-electron chi connectivity index (χ3n) is 4.87. The number of ether oxygens (including phenoxy) is 1. The van der Waals surface area contributed by atoms with Gasteiger partial charge in [-0.15, -0.1) is 0 Å². The molecule has 0 radical (unpaired) electrons. The molecule has 0 fully saturated rings. The van der Waals surface area contributed by atoms with Crippen molar-refractivity contribution in [3.05, 3.63) is 42.0 Å². The molecule has 0 saturated carbocycles. The number of aromatic nitrogens is 2. The fourth-order valence-electron chi connectivity index (χ4n) is 2.01. The predicted octanol–water partition coefficient (Wildman–Crippen LogP) is 5.65. The third kappa shape index (κ3) is 6.58. The van der Waals surface area contributed by atoms with Gasteiger partial charge in [0.2, 0.25) is 11.8 Å². The molecule has 1 heterocycles. The summed E-state index contributed by atoms with van der Waals surface area (Å²) in [4.78, 5) is 19.6. The minimum atomic E-state index is -2.00. The van der Waals surface area contributed by atoms with Crippen LogP contribution in [0.5, 0.6) is 11.6 Å². The summed E-state index contributed by atoms with van der Waals surface area (Å²) in [7, 11) is -2.00. The molecule has 0 aliphatic rings. The topological polar surface area (TPSA) is 73.3 Å². The molecule has 1 aromatic carbocycles. The van der Waals surface area contributed by atoms with Crippen molar-refractivity contribution < 1.29 is 18.3 Å².